The van der Waals surface area contributed by atoms with E-state index in [-0.39, 0.29) is 11.4 Å². The first kappa shape index (κ1) is 21.3. The Kier molecular flexibility index (Phi) is 7.72. The summed E-state index contributed by atoms with van der Waals surface area (Å²) in [6.07, 6.45) is 5.91. The molecule has 0 spiro atoms. The zero-order valence-electron chi connectivity index (χ0n) is 17.4. The second kappa shape index (κ2) is 9.79. The van der Waals surface area contributed by atoms with Gasteiger partial charge in [0.15, 0.2) is 11.5 Å². The number of benzene rings is 1. The molecule has 1 unspecified atom stereocenters. The molecule has 0 aliphatic carbocycles. The molecule has 0 bridgehead atoms. The fourth-order valence-corrected chi connectivity index (χ4v) is 3.45. The monoisotopic (exact) mass is 374 g/mol. The number of carbonyl (C=O) groups is 1. The van der Waals surface area contributed by atoms with E-state index in [1.165, 1.54) is 12.8 Å². The van der Waals surface area contributed by atoms with E-state index >= 15 is 0 Å². The molecule has 5 heteroatoms. The summed E-state index contributed by atoms with van der Waals surface area (Å²) in [5, 5.41) is 3.04. The molecular weight excluding hydrogens is 340 g/mol. The fourth-order valence-electron chi connectivity index (χ4n) is 3.45. The van der Waals surface area contributed by atoms with Crippen LogP contribution in [-0.2, 0) is 4.79 Å². The minimum atomic E-state index is -0.0816. The van der Waals surface area contributed by atoms with Crippen LogP contribution < -0.4 is 14.8 Å². The van der Waals surface area contributed by atoms with Crippen molar-refractivity contribution in [2.24, 2.45) is 5.92 Å². The van der Waals surface area contributed by atoms with Crippen LogP contribution in [0.1, 0.15) is 46.1 Å². The van der Waals surface area contributed by atoms with Crippen molar-refractivity contribution < 1.29 is 14.3 Å². The van der Waals surface area contributed by atoms with E-state index in [9.17, 15) is 4.79 Å². The fraction of sp³-hybridized carbons (Fsp3) is 0.591. The summed E-state index contributed by atoms with van der Waals surface area (Å²) < 4.78 is 10.9. The van der Waals surface area contributed by atoms with Crippen molar-refractivity contribution in [3.63, 3.8) is 0 Å². The molecule has 1 heterocycles. The van der Waals surface area contributed by atoms with E-state index in [0.717, 1.165) is 24.6 Å². The Morgan fingerprint density at radius 3 is 2.81 bits per heavy atom. The highest BCUT2D eigenvalue weighted by Gasteiger charge is 2.30. The smallest absolute Gasteiger partial charge is 0.244 e. The quantitative estimate of drug-likeness (QED) is 0.705. The van der Waals surface area contributed by atoms with Crippen LogP contribution in [0.5, 0.6) is 11.5 Å². The Bertz CT molecular complexity index is 655. The molecule has 27 heavy (non-hydrogen) atoms. The maximum Gasteiger partial charge on any atom is 0.244 e. The lowest BCUT2D eigenvalue weighted by Crippen LogP contribution is -2.54. The summed E-state index contributed by atoms with van der Waals surface area (Å²) in [7, 11) is 1.62. The summed E-state index contributed by atoms with van der Waals surface area (Å²) in [4.78, 5) is 14.8. The molecule has 0 aromatic heterocycles. The van der Waals surface area contributed by atoms with Crippen LogP contribution in [0.3, 0.4) is 0 Å². The Labute approximate surface area is 163 Å². The van der Waals surface area contributed by atoms with Gasteiger partial charge in [0.05, 0.1) is 13.7 Å². The average Bonchev–Trinajstić information content (AvgIpc) is 2.65. The predicted molar refractivity (Wildman–Crippen MR) is 110 cm³/mol. The summed E-state index contributed by atoms with van der Waals surface area (Å²) in [5.74, 6) is 2.02. The number of hydrogen-bond acceptors (Lipinski definition) is 4. The van der Waals surface area contributed by atoms with Gasteiger partial charge in [-0.3, -0.25) is 9.69 Å². The topological polar surface area (TPSA) is 50.8 Å². The first-order valence-electron chi connectivity index (χ1n) is 9.87. The van der Waals surface area contributed by atoms with Crippen LogP contribution in [0.15, 0.2) is 24.3 Å². The van der Waals surface area contributed by atoms with E-state index in [2.05, 4.69) is 31.0 Å². The summed E-state index contributed by atoms with van der Waals surface area (Å²) in [5.41, 5.74) is 0.860. The van der Waals surface area contributed by atoms with E-state index in [1.807, 2.05) is 25.1 Å². The summed E-state index contributed by atoms with van der Waals surface area (Å²) >= 11 is 0. The van der Waals surface area contributed by atoms with Gasteiger partial charge >= 0.3 is 0 Å². The standard InChI is InChI=1S/C22H34N2O3/c1-6-27-20-14-18(9-11-19(20)26-5)10-12-21(25)23-16-22(3,4)24-13-7-8-17(2)15-24/h9-12,14,17H,6-8,13,15-16H2,1-5H3,(H,23,25)/b12-10+. The lowest BCUT2D eigenvalue weighted by atomic mass is 9.93. The van der Waals surface area contributed by atoms with E-state index in [4.69, 9.17) is 9.47 Å². The maximum absolute atomic E-state index is 12.3. The summed E-state index contributed by atoms with van der Waals surface area (Å²) in [6, 6.07) is 5.64. The zero-order chi connectivity index (χ0) is 19.9. The third kappa shape index (κ3) is 6.28. The number of amides is 1. The van der Waals surface area contributed by atoms with Gasteiger partial charge in [0.1, 0.15) is 0 Å². The van der Waals surface area contributed by atoms with Gasteiger partial charge in [-0.05, 0) is 69.8 Å². The molecule has 1 fully saturated rings. The molecule has 0 radical (unpaired) electrons. The number of ether oxygens (including phenoxy) is 2. The van der Waals surface area contributed by atoms with Crippen molar-refractivity contribution in [1.29, 1.82) is 0 Å². The highest BCUT2D eigenvalue weighted by atomic mass is 16.5. The number of likely N-dealkylation sites (tertiary alicyclic amines) is 1. The third-order valence-corrected chi connectivity index (χ3v) is 5.12. The van der Waals surface area contributed by atoms with Crippen LogP contribution >= 0.6 is 0 Å². The molecule has 5 nitrogen and oxygen atoms in total. The van der Waals surface area contributed by atoms with Gasteiger partial charge in [-0.2, -0.15) is 0 Å². The minimum absolute atomic E-state index is 0.0412. The van der Waals surface area contributed by atoms with Crippen LogP contribution in [0, 0.1) is 5.92 Å². The Morgan fingerprint density at radius 2 is 2.15 bits per heavy atom. The number of piperidine rings is 1. The highest BCUT2D eigenvalue weighted by molar-refractivity contribution is 5.91. The Hall–Kier alpha value is -2.01. The van der Waals surface area contributed by atoms with Crippen LogP contribution in [0.4, 0.5) is 0 Å². The number of rotatable bonds is 8. The Balaban J connectivity index is 1.92. The molecule has 1 atom stereocenters. The molecule has 1 N–H and O–H groups in total. The third-order valence-electron chi connectivity index (χ3n) is 5.12. The maximum atomic E-state index is 12.3. The number of nitrogens with zero attached hydrogens (tertiary/aromatic N) is 1. The first-order chi connectivity index (χ1) is 12.9. The van der Waals surface area contributed by atoms with Gasteiger partial charge in [-0.15, -0.1) is 0 Å². The van der Waals surface area contributed by atoms with Crippen molar-refractivity contribution in [2.45, 2.75) is 46.1 Å². The second-order valence-electron chi connectivity index (χ2n) is 7.90. The zero-order valence-corrected chi connectivity index (χ0v) is 17.4. The molecule has 1 amide bonds. The lowest BCUT2D eigenvalue weighted by molar-refractivity contribution is -0.117. The van der Waals surface area contributed by atoms with Crippen LogP contribution in [-0.4, -0.2) is 49.7 Å². The number of nitrogens with one attached hydrogen (secondary N) is 1. The van der Waals surface area contributed by atoms with Crippen molar-refractivity contribution >= 4 is 12.0 Å². The van der Waals surface area contributed by atoms with E-state index < -0.39 is 0 Å². The molecule has 150 valence electrons. The van der Waals surface area contributed by atoms with Crippen molar-refractivity contribution in [3.05, 3.63) is 29.8 Å². The van der Waals surface area contributed by atoms with Crippen molar-refractivity contribution in [3.8, 4) is 11.5 Å². The van der Waals surface area contributed by atoms with Crippen LogP contribution in [0.2, 0.25) is 0 Å². The number of carbonyl (C=O) groups excluding carboxylic acids is 1. The normalized spacial score (nSPS) is 18.5. The van der Waals surface area contributed by atoms with Crippen molar-refractivity contribution in [1.82, 2.24) is 10.2 Å². The van der Waals surface area contributed by atoms with E-state index in [0.29, 0.717) is 24.7 Å². The largest absolute Gasteiger partial charge is 0.493 e. The molecule has 2 rings (SSSR count). The molecule has 1 aromatic carbocycles. The van der Waals surface area contributed by atoms with Gasteiger partial charge in [0.2, 0.25) is 5.91 Å². The van der Waals surface area contributed by atoms with Gasteiger partial charge in [-0.25, -0.2) is 0 Å². The Morgan fingerprint density at radius 1 is 1.37 bits per heavy atom. The first-order valence-corrected chi connectivity index (χ1v) is 9.87. The van der Waals surface area contributed by atoms with Gasteiger partial charge in [0.25, 0.3) is 0 Å². The molecule has 1 aliphatic rings. The van der Waals surface area contributed by atoms with Gasteiger partial charge in [-0.1, -0.05) is 13.0 Å². The minimum Gasteiger partial charge on any atom is -0.493 e. The summed E-state index contributed by atoms with van der Waals surface area (Å²) in [6.45, 7) is 12.0. The van der Waals surface area contributed by atoms with Gasteiger partial charge in [0, 0.05) is 24.7 Å². The second-order valence-corrected chi connectivity index (χ2v) is 7.90. The lowest BCUT2D eigenvalue weighted by Gasteiger charge is -2.43. The van der Waals surface area contributed by atoms with E-state index in [1.54, 1.807) is 19.3 Å². The molecular formula is C22H34N2O3. The molecule has 0 saturated carbocycles. The van der Waals surface area contributed by atoms with Crippen molar-refractivity contribution in [2.75, 3.05) is 33.4 Å². The predicted octanol–water partition coefficient (Wildman–Crippen LogP) is 3.73. The number of methoxy groups -OCH3 is 1. The highest BCUT2D eigenvalue weighted by Crippen LogP contribution is 2.28. The number of hydrogen-bond donors (Lipinski definition) is 1. The van der Waals surface area contributed by atoms with Gasteiger partial charge < -0.3 is 14.8 Å². The average molecular weight is 375 g/mol. The SMILES string of the molecule is CCOc1cc(/C=C/C(=O)NCC(C)(C)N2CCCC(C)C2)ccc1OC. The molecule has 1 aliphatic heterocycles. The molecule has 1 saturated heterocycles. The van der Waals surface area contributed by atoms with Crippen LogP contribution in [0.25, 0.3) is 6.08 Å². The molecule has 1 aromatic rings.